The summed E-state index contributed by atoms with van der Waals surface area (Å²) in [4.78, 5) is 49.8. The molecule has 4 aliphatic rings. The number of hydrogen-bond acceptors (Lipinski definition) is 9. The van der Waals surface area contributed by atoms with Crippen molar-refractivity contribution in [3.05, 3.63) is 114 Å². The van der Waals surface area contributed by atoms with Gasteiger partial charge >= 0.3 is 0 Å². The molecule has 6 heterocycles. The first-order chi connectivity index (χ1) is 29.3. The Kier molecular flexibility index (Phi) is 9.89. The van der Waals surface area contributed by atoms with Gasteiger partial charge in [-0.25, -0.2) is 4.98 Å². The van der Waals surface area contributed by atoms with Crippen molar-refractivity contribution in [3.63, 3.8) is 0 Å². The summed E-state index contributed by atoms with van der Waals surface area (Å²) < 4.78 is 20.9. The fourth-order valence-corrected chi connectivity index (χ4v) is 8.95. The van der Waals surface area contributed by atoms with E-state index in [1.807, 2.05) is 42.9 Å². The van der Waals surface area contributed by atoms with Crippen molar-refractivity contribution in [1.82, 2.24) is 24.8 Å². The van der Waals surface area contributed by atoms with E-state index < -0.39 is 11.9 Å². The molecule has 3 aromatic carbocycles. The third kappa shape index (κ3) is 7.41. The van der Waals surface area contributed by atoms with Gasteiger partial charge in [-0.1, -0.05) is 30.0 Å². The van der Waals surface area contributed by atoms with E-state index in [-0.39, 0.29) is 43.2 Å². The number of carbonyl (C=O) groups excluding carboxylic acids is 3. The molecule has 1 atom stereocenters. The molecule has 6 aromatic rings. The van der Waals surface area contributed by atoms with Crippen molar-refractivity contribution in [3.8, 4) is 34.6 Å². The maximum Gasteiger partial charge on any atom is 0.255 e. The lowest BCUT2D eigenvalue weighted by molar-refractivity contribution is -0.136. The number of piperidine rings is 2. The predicted molar refractivity (Wildman–Crippen MR) is 227 cm³/mol. The topological polar surface area (TPSA) is 128 Å². The number of benzene rings is 3. The maximum atomic E-state index is 13.0. The Bertz CT molecular complexity index is 2700. The molecule has 1 unspecified atom stereocenters. The molecule has 302 valence electrons. The zero-order chi connectivity index (χ0) is 40.7. The Morgan fingerprint density at radius 1 is 0.833 bits per heavy atom. The first-order valence-electron chi connectivity index (χ1n) is 20.7. The predicted octanol–water partition coefficient (Wildman–Crippen LogP) is 6.58. The van der Waals surface area contributed by atoms with Crippen molar-refractivity contribution in [2.24, 2.45) is 7.05 Å². The van der Waals surface area contributed by atoms with Crippen LogP contribution in [-0.4, -0.2) is 81.2 Å². The highest BCUT2D eigenvalue weighted by atomic mass is 16.5. The molecule has 3 fully saturated rings. The second-order valence-electron chi connectivity index (χ2n) is 16.1. The number of fused-ring (bicyclic) bond motifs is 4. The van der Waals surface area contributed by atoms with E-state index in [4.69, 9.17) is 14.2 Å². The van der Waals surface area contributed by atoms with Crippen molar-refractivity contribution >= 4 is 45.2 Å². The number of hydrogen-bond donors (Lipinski definition) is 1. The zero-order valence-electron chi connectivity index (χ0n) is 33.3. The van der Waals surface area contributed by atoms with E-state index >= 15 is 0 Å². The quantitative estimate of drug-likeness (QED) is 0.128. The molecule has 0 radical (unpaired) electrons. The lowest BCUT2D eigenvalue weighted by atomic mass is 9.91. The van der Waals surface area contributed by atoms with Crippen molar-refractivity contribution < 1.29 is 28.6 Å². The molecule has 3 aliphatic heterocycles. The Morgan fingerprint density at radius 2 is 1.70 bits per heavy atom. The molecule has 1 aliphatic carbocycles. The molecule has 1 saturated carbocycles. The smallest absolute Gasteiger partial charge is 0.255 e. The van der Waals surface area contributed by atoms with Gasteiger partial charge in [0.05, 0.1) is 17.7 Å². The maximum absolute atomic E-state index is 13.0. The van der Waals surface area contributed by atoms with E-state index in [1.165, 1.54) is 21.3 Å². The molecule has 60 heavy (non-hydrogen) atoms. The van der Waals surface area contributed by atoms with Crippen LogP contribution in [0, 0.1) is 11.8 Å². The second-order valence-corrected chi connectivity index (χ2v) is 16.1. The zero-order valence-corrected chi connectivity index (χ0v) is 33.3. The van der Waals surface area contributed by atoms with Crippen molar-refractivity contribution in [1.29, 1.82) is 0 Å². The van der Waals surface area contributed by atoms with Crippen LogP contribution in [0.15, 0.2) is 97.5 Å². The highest BCUT2D eigenvalue weighted by Crippen LogP contribution is 2.34. The number of amides is 3. The molecule has 3 aromatic heterocycles. The molecular formula is C48H44N6O6. The SMILES string of the molecule is Cn1c2ccncc2c2ccc(-c3ccc(OC4CC(OC5CCN(c6cccc(C#CCOc7ccc8c(c7)CN(C7CCC(=O)NC7=O)C8=O)c6)CC5)C4)nc3)cc21. The lowest BCUT2D eigenvalue weighted by Gasteiger charge is -2.40. The number of carbonyl (C=O) groups is 3. The standard InChI is InChI=1S/C48H44N6O6/c1-52-42-15-18-49-28-41(42)40-10-7-31(24-44(40)52)32-8-14-46(50-27-32)60-38-25-37(26-38)59-35-16-19-53(20-17-35)34-6-2-4-30(22-34)5-3-21-58-36-9-11-39-33(23-36)29-54(48(39)57)43-12-13-45(55)51-47(43)56/h2,4,6-11,14-15,18,22-24,27-28,35,37-38,43H,12-13,16-17,19-21,25-26,29H2,1H3,(H,51,55,56). The van der Waals surface area contributed by atoms with E-state index in [0.29, 0.717) is 30.2 Å². The average Bonchev–Trinajstić information content (AvgIpc) is 3.74. The number of aromatic nitrogens is 3. The van der Waals surface area contributed by atoms with Crippen LogP contribution in [0.2, 0.25) is 0 Å². The number of nitrogens with one attached hydrogen (secondary N) is 1. The Morgan fingerprint density at radius 3 is 2.53 bits per heavy atom. The van der Waals surface area contributed by atoms with Crippen LogP contribution in [0.5, 0.6) is 11.6 Å². The highest BCUT2D eigenvalue weighted by Gasteiger charge is 2.39. The minimum absolute atomic E-state index is 0.111. The van der Waals surface area contributed by atoms with Gasteiger partial charge in [0.25, 0.3) is 5.91 Å². The van der Waals surface area contributed by atoms with Gasteiger partial charge in [-0.3, -0.25) is 24.7 Å². The number of aryl methyl sites for hydroxylation is 1. The number of anilines is 1. The fourth-order valence-electron chi connectivity index (χ4n) is 8.95. The van der Waals surface area contributed by atoms with E-state index in [1.54, 1.807) is 12.1 Å². The van der Waals surface area contributed by atoms with Crippen LogP contribution in [0.4, 0.5) is 5.69 Å². The minimum Gasteiger partial charge on any atom is -0.481 e. The van der Waals surface area contributed by atoms with Gasteiger partial charge in [-0.15, -0.1) is 0 Å². The van der Waals surface area contributed by atoms with Crippen LogP contribution in [0.3, 0.4) is 0 Å². The molecular weight excluding hydrogens is 757 g/mol. The number of rotatable bonds is 9. The summed E-state index contributed by atoms with van der Waals surface area (Å²) in [6.45, 7) is 2.32. The summed E-state index contributed by atoms with van der Waals surface area (Å²) in [6, 6.07) is 25.6. The van der Waals surface area contributed by atoms with Crippen LogP contribution in [0.25, 0.3) is 32.9 Å². The Hall–Kier alpha value is -6.71. The average molecular weight is 801 g/mol. The molecule has 2 saturated heterocycles. The van der Waals surface area contributed by atoms with Crippen LogP contribution < -0.4 is 19.7 Å². The number of nitrogens with zero attached hydrogens (tertiary/aromatic N) is 5. The summed E-state index contributed by atoms with van der Waals surface area (Å²) in [5.41, 5.74) is 7.91. The second kappa shape index (κ2) is 15.8. The summed E-state index contributed by atoms with van der Waals surface area (Å²) in [6.07, 6.45) is 10.4. The summed E-state index contributed by atoms with van der Waals surface area (Å²) in [5.74, 6) is 6.67. The van der Waals surface area contributed by atoms with Crippen molar-refractivity contribution in [2.45, 2.75) is 69.4 Å². The molecule has 0 spiro atoms. The first-order valence-corrected chi connectivity index (χ1v) is 20.7. The first kappa shape index (κ1) is 37.6. The monoisotopic (exact) mass is 800 g/mol. The van der Waals surface area contributed by atoms with E-state index in [2.05, 4.69) is 86.1 Å². The van der Waals surface area contributed by atoms with Gasteiger partial charge in [0.15, 0.2) is 0 Å². The molecule has 10 rings (SSSR count). The normalized spacial score (nSPS) is 20.4. The van der Waals surface area contributed by atoms with Gasteiger partial charge in [-0.2, -0.15) is 0 Å². The number of imide groups is 1. The molecule has 0 bridgehead atoms. The van der Waals surface area contributed by atoms with Gasteiger partial charge in [0.2, 0.25) is 17.7 Å². The Balaban J connectivity index is 0.660. The lowest BCUT2D eigenvalue weighted by Crippen LogP contribution is -2.52. The minimum atomic E-state index is -0.645. The molecule has 12 heteroatoms. The van der Waals surface area contributed by atoms with Gasteiger partial charge in [0.1, 0.15) is 24.5 Å². The highest BCUT2D eigenvalue weighted by molar-refractivity contribution is 6.08. The van der Waals surface area contributed by atoms with E-state index in [0.717, 1.165) is 72.1 Å². The number of pyridine rings is 2. The summed E-state index contributed by atoms with van der Waals surface area (Å²) in [5, 5.41) is 4.69. The van der Waals surface area contributed by atoms with Gasteiger partial charge in [0, 0.05) is 109 Å². The van der Waals surface area contributed by atoms with Gasteiger partial charge < -0.3 is 28.6 Å². The summed E-state index contributed by atoms with van der Waals surface area (Å²) >= 11 is 0. The van der Waals surface area contributed by atoms with Crippen LogP contribution in [-0.2, 0) is 27.9 Å². The Labute approximate surface area is 347 Å². The molecule has 3 amide bonds. The fraction of sp³-hybridized carbons (Fsp3) is 0.312. The van der Waals surface area contributed by atoms with Crippen LogP contribution >= 0.6 is 0 Å². The summed E-state index contributed by atoms with van der Waals surface area (Å²) in [7, 11) is 2.09. The third-order valence-electron chi connectivity index (χ3n) is 12.3. The largest absolute Gasteiger partial charge is 0.481 e. The molecule has 1 N–H and O–H groups in total. The number of ether oxygens (including phenoxy) is 3. The van der Waals surface area contributed by atoms with E-state index in [9.17, 15) is 14.4 Å². The van der Waals surface area contributed by atoms with Crippen molar-refractivity contribution in [2.75, 3.05) is 24.6 Å². The van der Waals surface area contributed by atoms with Crippen LogP contribution in [0.1, 0.15) is 60.0 Å². The molecule has 12 nitrogen and oxygen atoms in total. The van der Waals surface area contributed by atoms with Gasteiger partial charge in [-0.05, 0) is 85.0 Å². The third-order valence-corrected chi connectivity index (χ3v) is 12.3.